The number of aliphatic hydroxyl groups excluding tert-OH is 1. The highest BCUT2D eigenvalue weighted by atomic mass is 32.2. The van der Waals surface area contributed by atoms with Gasteiger partial charge in [0.2, 0.25) is 5.13 Å². The van der Waals surface area contributed by atoms with Crippen LogP contribution >= 0.6 is 23.1 Å². The number of phenols is 1. The number of halogens is 1. The zero-order chi connectivity index (χ0) is 28.2. The van der Waals surface area contributed by atoms with E-state index in [4.69, 9.17) is 4.74 Å². The van der Waals surface area contributed by atoms with Gasteiger partial charge in [-0.1, -0.05) is 60.4 Å². The number of aromatic hydroxyl groups is 1. The van der Waals surface area contributed by atoms with E-state index in [-0.39, 0.29) is 28.0 Å². The third kappa shape index (κ3) is 5.56. The quantitative estimate of drug-likeness (QED) is 0.0808. The molecule has 5 rings (SSSR count). The number of Topliss-reactive ketones (excluding diaryl/α,β-unsaturated/α-hetero) is 1. The lowest BCUT2D eigenvalue weighted by molar-refractivity contribution is -0.132. The van der Waals surface area contributed by atoms with Gasteiger partial charge in [0.25, 0.3) is 5.78 Å². The van der Waals surface area contributed by atoms with Gasteiger partial charge >= 0.3 is 5.91 Å². The summed E-state index contributed by atoms with van der Waals surface area (Å²) < 4.78 is 20.1. The summed E-state index contributed by atoms with van der Waals surface area (Å²) in [7, 11) is 0. The summed E-state index contributed by atoms with van der Waals surface area (Å²) in [5, 5.41) is 29.6. The summed E-state index contributed by atoms with van der Waals surface area (Å²) in [5.41, 5.74) is 1.20. The normalized spacial score (nSPS) is 16.4. The Bertz CT molecular complexity index is 1570. The predicted molar refractivity (Wildman–Crippen MR) is 151 cm³/mol. The van der Waals surface area contributed by atoms with Crippen LogP contribution in [0.5, 0.6) is 11.5 Å². The maximum Gasteiger partial charge on any atom is 0.301 e. The number of nitrogens with zero attached hydrogens (tertiary/aromatic N) is 3. The molecule has 0 aliphatic carbocycles. The summed E-state index contributed by atoms with van der Waals surface area (Å²) in [5.74, 6) is -1.50. The molecule has 11 heteroatoms. The number of benzene rings is 3. The fourth-order valence-corrected chi connectivity index (χ4v) is 6.05. The summed E-state index contributed by atoms with van der Waals surface area (Å²) in [6.45, 7) is 2.53. The van der Waals surface area contributed by atoms with Crippen LogP contribution in [0.15, 0.2) is 82.7 Å². The maximum absolute atomic E-state index is 14.1. The van der Waals surface area contributed by atoms with Crippen molar-refractivity contribution in [1.29, 1.82) is 0 Å². The van der Waals surface area contributed by atoms with Crippen molar-refractivity contribution in [3.8, 4) is 11.5 Å². The summed E-state index contributed by atoms with van der Waals surface area (Å²) in [6, 6.07) is 18.0. The lowest BCUT2D eigenvalue weighted by Crippen LogP contribution is -2.29. The zero-order valence-corrected chi connectivity index (χ0v) is 22.9. The third-order valence-electron chi connectivity index (χ3n) is 6.16. The van der Waals surface area contributed by atoms with Crippen LogP contribution in [0.25, 0.3) is 5.76 Å². The van der Waals surface area contributed by atoms with Gasteiger partial charge in [0.15, 0.2) is 4.34 Å². The molecule has 1 amide bonds. The van der Waals surface area contributed by atoms with Crippen LogP contribution in [-0.4, -0.2) is 38.7 Å². The number of ether oxygens (including phenoxy) is 1. The molecule has 8 nitrogen and oxygen atoms in total. The molecule has 1 aliphatic rings. The van der Waals surface area contributed by atoms with Gasteiger partial charge in [0.05, 0.1) is 18.2 Å². The molecule has 40 heavy (non-hydrogen) atoms. The lowest BCUT2D eigenvalue weighted by atomic mass is 9.95. The first-order chi connectivity index (χ1) is 19.4. The van der Waals surface area contributed by atoms with Crippen LogP contribution in [0, 0.1) is 5.82 Å². The Morgan fingerprint density at radius 1 is 1.05 bits per heavy atom. The molecule has 0 radical (unpaired) electrons. The zero-order valence-electron chi connectivity index (χ0n) is 21.3. The Labute approximate surface area is 237 Å². The maximum atomic E-state index is 14.1. The number of amides is 1. The molecule has 0 bridgehead atoms. The second kappa shape index (κ2) is 11.9. The first-order valence-electron chi connectivity index (χ1n) is 12.4. The minimum atomic E-state index is -1.02. The number of rotatable bonds is 9. The molecular weight excluding hydrogens is 553 g/mol. The number of aliphatic hydroxyl groups is 1. The Morgan fingerprint density at radius 3 is 2.48 bits per heavy atom. The van der Waals surface area contributed by atoms with E-state index >= 15 is 0 Å². The van der Waals surface area contributed by atoms with Gasteiger partial charge in [-0.05, 0) is 60.0 Å². The van der Waals surface area contributed by atoms with Gasteiger partial charge in [-0.2, -0.15) is 0 Å². The molecule has 1 atom stereocenters. The van der Waals surface area contributed by atoms with Gasteiger partial charge < -0.3 is 14.9 Å². The van der Waals surface area contributed by atoms with E-state index in [1.807, 2.05) is 6.92 Å². The van der Waals surface area contributed by atoms with E-state index in [1.165, 1.54) is 34.9 Å². The monoisotopic (exact) mass is 577 g/mol. The first kappa shape index (κ1) is 27.4. The molecule has 2 heterocycles. The van der Waals surface area contributed by atoms with E-state index < -0.39 is 17.7 Å². The number of phenolic OH excluding ortho intramolecular Hbond substituents is 1. The highest BCUT2D eigenvalue weighted by Gasteiger charge is 2.48. The molecule has 4 aromatic rings. The third-order valence-corrected chi connectivity index (χ3v) is 8.27. The SMILES string of the molecule is CCCOc1ccc(/C(O)=C2/C(=O)C(=O)N(c3nnc(SCc4ccccc4F)s3)C2c2ccc(O)cc2)cc1. The number of hydrogen-bond donors (Lipinski definition) is 2. The van der Waals surface area contributed by atoms with Crippen molar-refractivity contribution in [1.82, 2.24) is 10.2 Å². The Hall–Kier alpha value is -4.22. The van der Waals surface area contributed by atoms with Crippen molar-refractivity contribution in [2.24, 2.45) is 0 Å². The first-order valence-corrected chi connectivity index (χ1v) is 14.2. The Kier molecular flexibility index (Phi) is 8.13. The molecule has 1 aromatic heterocycles. The van der Waals surface area contributed by atoms with Crippen molar-refractivity contribution >= 4 is 45.7 Å². The van der Waals surface area contributed by atoms with E-state index in [2.05, 4.69) is 10.2 Å². The van der Waals surface area contributed by atoms with Crippen molar-refractivity contribution < 1.29 is 28.9 Å². The number of thioether (sulfide) groups is 1. The molecule has 2 N–H and O–H groups in total. The second-order valence-electron chi connectivity index (χ2n) is 8.86. The minimum absolute atomic E-state index is 0.00566. The van der Waals surface area contributed by atoms with Crippen LogP contribution in [0.3, 0.4) is 0 Å². The van der Waals surface area contributed by atoms with Crippen molar-refractivity contribution in [2.75, 3.05) is 11.5 Å². The van der Waals surface area contributed by atoms with Crippen LogP contribution in [-0.2, 0) is 15.3 Å². The highest BCUT2D eigenvalue weighted by molar-refractivity contribution is 8.00. The molecule has 1 aliphatic heterocycles. The van der Waals surface area contributed by atoms with Gasteiger partial charge in [-0.25, -0.2) is 4.39 Å². The molecule has 0 saturated carbocycles. The van der Waals surface area contributed by atoms with Crippen molar-refractivity contribution in [3.63, 3.8) is 0 Å². The van der Waals surface area contributed by atoms with Crippen LogP contribution in [0.1, 0.15) is 36.1 Å². The Balaban J connectivity index is 1.51. The molecule has 0 spiro atoms. The van der Waals surface area contributed by atoms with Crippen molar-refractivity contribution in [3.05, 3.63) is 101 Å². The van der Waals surface area contributed by atoms with Gasteiger partial charge in [-0.15, -0.1) is 10.2 Å². The molecule has 3 aromatic carbocycles. The second-order valence-corrected chi connectivity index (χ2v) is 11.0. The van der Waals surface area contributed by atoms with E-state index in [0.29, 0.717) is 39.1 Å². The van der Waals surface area contributed by atoms with Crippen LogP contribution in [0.2, 0.25) is 0 Å². The summed E-state index contributed by atoms with van der Waals surface area (Å²) in [6.07, 6.45) is 0.840. The largest absolute Gasteiger partial charge is 0.508 e. The van der Waals surface area contributed by atoms with Crippen molar-refractivity contribution in [2.45, 2.75) is 29.5 Å². The van der Waals surface area contributed by atoms with Crippen LogP contribution in [0.4, 0.5) is 9.52 Å². The Morgan fingerprint density at radius 2 is 1.77 bits per heavy atom. The molecule has 1 fully saturated rings. The van der Waals surface area contributed by atoms with Crippen LogP contribution < -0.4 is 9.64 Å². The predicted octanol–water partition coefficient (Wildman–Crippen LogP) is 6.09. The number of hydrogen-bond acceptors (Lipinski definition) is 9. The summed E-state index contributed by atoms with van der Waals surface area (Å²) >= 11 is 2.34. The average Bonchev–Trinajstić information content (AvgIpc) is 3.53. The number of ketones is 1. The fraction of sp³-hybridized carbons (Fsp3) is 0.172. The van der Waals surface area contributed by atoms with Gasteiger partial charge in [0.1, 0.15) is 23.1 Å². The standard InChI is InChI=1S/C29H24FN3O5S2/c1-2-15-38-21-13-9-18(10-14-21)25(35)23-24(17-7-11-20(34)12-8-17)33(27(37)26(23)36)28-31-32-29(40-28)39-16-19-5-3-4-6-22(19)30/h3-14,24,34-35H,2,15-16H2,1H3/b25-23-. The smallest absolute Gasteiger partial charge is 0.301 e. The fourth-order valence-electron chi connectivity index (χ4n) is 4.20. The number of anilines is 1. The molecule has 1 unspecified atom stereocenters. The lowest BCUT2D eigenvalue weighted by Gasteiger charge is -2.22. The minimum Gasteiger partial charge on any atom is -0.508 e. The highest BCUT2D eigenvalue weighted by Crippen LogP contribution is 2.44. The van der Waals surface area contributed by atoms with E-state index in [1.54, 1.807) is 54.6 Å². The number of carbonyl (C=O) groups excluding carboxylic acids is 2. The van der Waals surface area contributed by atoms with Gasteiger partial charge in [-0.3, -0.25) is 14.5 Å². The molecule has 204 valence electrons. The number of aromatic nitrogens is 2. The average molecular weight is 578 g/mol. The summed E-state index contributed by atoms with van der Waals surface area (Å²) in [4.78, 5) is 27.9. The topological polar surface area (TPSA) is 113 Å². The van der Waals surface area contributed by atoms with Gasteiger partial charge in [0, 0.05) is 11.3 Å². The number of carbonyl (C=O) groups is 2. The van der Waals surface area contributed by atoms with E-state index in [0.717, 1.165) is 17.8 Å². The molecule has 1 saturated heterocycles. The van der Waals surface area contributed by atoms with E-state index in [9.17, 15) is 24.2 Å². The molecular formula is C29H24FN3O5S2.